The van der Waals surface area contributed by atoms with E-state index in [1.165, 1.54) is 16.8 Å². The number of carbonyl (C=O) groups is 2. The number of hydrogen-bond donors (Lipinski definition) is 1. The molecule has 1 aromatic heterocycles. The number of nitrogens with one attached hydrogen (secondary N) is 1. The van der Waals surface area contributed by atoms with E-state index in [-0.39, 0.29) is 17.6 Å². The normalized spacial score (nSPS) is 17.2. The Morgan fingerprint density at radius 2 is 2.11 bits per heavy atom. The van der Waals surface area contributed by atoms with Crippen LogP contribution in [-0.4, -0.2) is 61.1 Å². The second-order valence-electron chi connectivity index (χ2n) is 7.02. The maximum atomic E-state index is 12.5. The molecule has 1 amide bonds. The molecule has 7 nitrogen and oxygen atoms in total. The van der Waals surface area contributed by atoms with Gasteiger partial charge in [0.15, 0.2) is 6.29 Å². The average Bonchev–Trinajstić information content (AvgIpc) is 2.70. The number of likely N-dealkylation sites (N-methyl/N-ethyl adjacent to an activating group) is 1. The van der Waals surface area contributed by atoms with Gasteiger partial charge in [0.25, 0.3) is 11.5 Å². The van der Waals surface area contributed by atoms with Crippen LogP contribution in [0.1, 0.15) is 32.7 Å². The van der Waals surface area contributed by atoms with Crippen molar-refractivity contribution >= 4 is 12.2 Å². The Morgan fingerprint density at radius 1 is 1.32 bits per heavy atom. The molecule has 3 rings (SSSR count). The largest absolute Gasteiger partial charge is 0.375 e. The van der Waals surface area contributed by atoms with Crippen LogP contribution in [0.25, 0.3) is 0 Å². The minimum atomic E-state index is -0.408. The van der Waals surface area contributed by atoms with Crippen molar-refractivity contribution in [2.45, 2.75) is 19.1 Å². The molecule has 148 valence electrons. The highest BCUT2D eigenvalue weighted by Gasteiger charge is 2.18. The van der Waals surface area contributed by atoms with Crippen LogP contribution in [0.3, 0.4) is 0 Å². The summed E-state index contributed by atoms with van der Waals surface area (Å²) in [6, 6.07) is 10.8. The van der Waals surface area contributed by atoms with Crippen molar-refractivity contribution in [3.63, 3.8) is 0 Å². The van der Waals surface area contributed by atoms with Gasteiger partial charge in [0, 0.05) is 25.8 Å². The van der Waals surface area contributed by atoms with Gasteiger partial charge < -0.3 is 19.5 Å². The second kappa shape index (κ2) is 9.43. The quantitative estimate of drug-likeness (QED) is 0.726. The maximum Gasteiger partial charge on any atom is 0.261 e. The molecule has 1 saturated heterocycles. The average molecular weight is 383 g/mol. The van der Waals surface area contributed by atoms with Gasteiger partial charge in [-0.3, -0.25) is 14.4 Å². The van der Waals surface area contributed by atoms with Gasteiger partial charge in [-0.15, -0.1) is 0 Å². The summed E-state index contributed by atoms with van der Waals surface area (Å²) in [4.78, 5) is 38.4. The van der Waals surface area contributed by atoms with Crippen molar-refractivity contribution in [1.29, 1.82) is 0 Å². The van der Waals surface area contributed by atoms with Gasteiger partial charge >= 0.3 is 0 Å². The first-order valence-corrected chi connectivity index (χ1v) is 9.39. The summed E-state index contributed by atoms with van der Waals surface area (Å²) in [5.41, 5.74) is 0.770. The van der Waals surface area contributed by atoms with Crippen LogP contribution in [0.5, 0.6) is 0 Å². The van der Waals surface area contributed by atoms with Crippen molar-refractivity contribution in [2.24, 2.45) is 0 Å². The molecule has 0 radical (unpaired) electrons. The first-order chi connectivity index (χ1) is 13.6. The van der Waals surface area contributed by atoms with E-state index in [0.29, 0.717) is 38.0 Å². The van der Waals surface area contributed by atoms with E-state index in [0.717, 1.165) is 18.7 Å². The summed E-state index contributed by atoms with van der Waals surface area (Å²) in [6.07, 6.45) is 2.80. The lowest BCUT2D eigenvalue weighted by Gasteiger charge is -2.30. The van der Waals surface area contributed by atoms with E-state index >= 15 is 0 Å². The van der Waals surface area contributed by atoms with Gasteiger partial charge in [-0.25, -0.2) is 0 Å². The molecule has 7 heteroatoms. The summed E-state index contributed by atoms with van der Waals surface area (Å²) in [5, 5.41) is 2.85. The third-order valence-corrected chi connectivity index (χ3v) is 4.79. The fourth-order valence-electron chi connectivity index (χ4n) is 3.26. The lowest BCUT2D eigenvalue weighted by molar-refractivity contribution is -0.0226. The Bertz CT molecular complexity index is 879. The van der Waals surface area contributed by atoms with Gasteiger partial charge in [0.2, 0.25) is 0 Å². The molecule has 1 unspecified atom stereocenters. The third-order valence-electron chi connectivity index (χ3n) is 4.79. The predicted molar refractivity (Wildman–Crippen MR) is 106 cm³/mol. The molecule has 0 aliphatic carbocycles. The first kappa shape index (κ1) is 20.0. The number of carbonyl (C=O) groups excluding carboxylic acids is 2. The van der Waals surface area contributed by atoms with E-state index in [9.17, 15) is 14.4 Å². The van der Waals surface area contributed by atoms with E-state index in [1.54, 1.807) is 0 Å². The topological polar surface area (TPSA) is 80.6 Å². The Labute approximate surface area is 163 Å². The number of hydrogen-bond acceptors (Lipinski definition) is 5. The van der Waals surface area contributed by atoms with E-state index in [2.05, 4.69) is 10.2 Å². The Hall–Kier alpha value is -2.77. The minimum Gasteiger partial charge on any atom is -0.375 e. The maximum absolute atomic E-state index is 12.5. The van der Waals surface area contributed by atoms with Crippen molar-refractivity contribution in [1.82, 2.24) is 14.8 Å². The highest BCUT2D eigenvalue weighted by Crippen LogP contribution is 2.07. The minimum absolute atomic E-state index is 0.0270. The molecule has 2 heterocycles. The molecule has 1 aromatic carbocycles. The molecule has 1 aliphatic heterocycles. The second-order valence-corrected chi connectivity index (χ2v) is 7.02. The molecule has 1 fully saturated rings. The van der Waals surface area contributed by atoms with Gasteiger partial charge in [-0.2, -0.15) is 0 Å². The SMILES string of the molecule is CN1CCOC(CCNC(=O)c2cc(C=O)c(=O)n(Cc3ccccc3)c2)C1. The van der Waals surface area contributed by atoms with Crippen molar-refractivity contribution in [3.05, 3.63) is 69.6 Å². The highest BCUT2D eigenvalue weighted by atomic mass is 16.5. The number of amides is 1. The van der Waals surface area contributed by atoms with Crippen LogP contribution >= 0.6 is 0 Å². The molecule has 2 aromatic rings. The number of pyridine rings is 1. The summed E-state index contributed by atoms with van der Waals surface area (Å²) < 4.78 is 7.08. The molecule has 0 bridgehead atoms. The van der Waals surface area contributed by atoms with Gasteiger partial charge in [-0.05, 0) is 25.1 Å². The van der Waals surface area contributed by atoms with E-state index < -0.39 is 5.56 Å². The summed E-state index contributed by atoms with van der Waals surface area (Å²) in [7, 11) is 2.05. The fraction of sp³-hybridized carbons (Fsp3) is 0.381. The molecule has 1 N–H and O–H groups in total. The molecule has 0 saturated carbocycles. The molecule has 28 heavy (non-hydrogen) atoms. The third kappa shape index (κ3) is 5.15. The zero-order valence-electron chi connectivity index (χ0n) is 16.0. The first-order valence-electron chi connectivity index (χ1n) is 9.39. The number of rotatable bonds is 7. The molecule has 1 atom stereocenters. The van der Waals surface area contributed by atoms with Crippen LogP contribution in [0.2, 0.25) is 0 Å². The van der Waals surface area contributed by atoms with Crippen LogP contribution in [0, 0.1) is 0 Å². The summed E-state index contributed by atoms with van der Waals surface area (Å²) in [6.45, 7) is 3.21. The van der Waals surface area contributed by atoms with Gasteiger partial charge in [0.05, 0.1) is 30.4 Å². The van der Waals surface area contributed by atoms with Crippen molar-refractivity contribution < 1.29 is 14.3 Å². The van der Waals surface area contributed by atoms with E-state index in [1.807, 2.05) is 37.4 Å². The summed E-state index contributed by atoms with van der Waals surface area (Å²) >= 11 is 0. The zero-order valence-corrected chi connectivity index (χ0v) is 16.0. The van der Waals surface area contributed by atoms with Crippen LogP contribution in [0.4, 0.5) is 0 Å². The number of nitrogens with zero attached hydrogens (tertiary/aromatic N) is 2. The smallest absolute Gasteiger partial charge is 0.261 e. The molecular formula is C21H25N3O4. The standard InChI is InChI=1S/C21H25N3O4/c1-23-9-10-28-19(14-23)7-8-22-20(26)17-11-18(15-25)21(27)24(13-17)12-16-5-3-2-4-6-16/h2-6,11,13,15,19H,7-10,12,14H2,1H3,(H,22,26). The number of aromatic nitrogens is 1. The van der Waals surface area contributed by atoms with Crippen molar-refractivity contribution in [2.75, 3.05) is 33.3 Å². The lowest BCUT2D eigenvalue weighted by atomic mass is 10.1. The van der Waals surface area contributed by atoms with Gasteiger partial charge in [-0.1, -0.05) is 30.3 Å². The van der Waals surface area contributed by atoms with Gasteiger partial charge in [0.1, 0.15) is 0 Å². The Morgan fingerprint density at radius 3 is 2.82 bits per heavy atom. The van der Waals surface area contributed by atoms with Crippen LogP contribution in [-0.2, 0) is 11.3 Å². The molecular weight excluding hydrogens is 358 g/mol. The molecule has 1 aliphatic rings. The number of morpholine rings is 1. The Balaban J connectivity index is 1.68. The molecule has 0 spiro atoms. The monoisotopic (exact) mass is 383 g/mol. The summed E-state index contributed by atoms with van der Waals surface area (Å²) in [5.74, 6) is -0.311. The van der Waals surface area contributed by atoms with E-state index in [4.69, 9.17) is 4.74 Å². The number of aldehydes is 1. The number of ether oxygens (including phenoxy) is 1. The fourth-order valence-corrected chi connectivity index (χ4v) is 3.26. The predicted octanol–water partition coefficient (Wildman–Crippen LogP) is 1.16. The Kier molecular flexibility index (Phi) is 6.73. The highest BCUT2D eigenvalue weighted by molar-refractivity contribution is 5.95. The zero-order chi connectivity index (χ0) is 19.9. The lowest BCUT2D eigenvalue weighted by Crippen LogP contribution is -2.41. The number of benzene rings is 1. The van der Waals surface area contributed by atoms with Crippen LogP contribution < -0.4 is 10.9 Å². The van der Waals surface area contributed by atoms with Crippen molar-refractivity contribution in [3.8, 4) is 0 Å². The van der Waals surface area contributed by atoms with Crippen LogP contribution in [0.15, 0.2) is 47.4 Å².